The van der Waals surface area contributed by atoms with Gasteiger partial charge in [0.05, 0.1) is 6.54 Å². The highest BCUT2D eigenvalue weighted by Crippen LogP contribution is 2.02. The summed E-state index contributed by atoms with van der Waals surface area (Å²) in [5.41, 5.74) is 0.182. The molecule has 0 aliphatic heterocycles. The van der Waals surface area contributed by atoms with Crippen LogP contribution in [0.25, 0.3) is 0 Å². The Kier molecular flexibility index (Phi) is 4.87. The van der Waals surface area contributed by atoms with Crippen molar-refractivity contribution in [3.8, 4) is 0 Å². The Labute approximate surface area is 98.5 Å². The molecule has 0 atom stereocenters. The van der Waals surface area contributed by atoms with Gasteiger partial charge in [0, 0.05) is 12.1 Å². The molecule has 0 radical (unpaired) electrons. The van der Waals surface area contributed by atoms with Gasteiger partial charge in [-0.3, -0.25) is 9.59 Å². The van der Waals surface area contributed by atoms with Gasteiger partial charge in [0.25, 0.3) is 5.91 Å². The standard InChI is InChI=1S/C12H13FN2O2/c1-2-6-14-11(16)8-15-12(17)9-4-3-5-10(13)7-9/h2-5,7H,1,6,8H2,(H,14,16)(H,15,17). The summed E-state index contributed by atoms with van der Waals surface area (Å²) in [7, 11) is 0. The number of carbonyl (C=O) groups is 2. The van der Waals surface area contributed by atoms with Gasteiger partial charge in [0.2, 0.25) is 5.91 Å². The molecule has 0 saturated heterocycles. The average molecular weight is 236 g/mol. The van der Waals surface area contributed by atoms with Gasteiger partial charge in [-0.1, -0.05) is 12.1 Å². The molecular weight excluding hydrogens is 223 g/mol. The minimum absolute atomic E-state index is 0.150. The Bertz CT molecular complexity index is 432. The predicted octanol–water partition coefficient (Wildman–Crippen LogP) is 0.858. The zero-order valence-electron chi connectivity index (χ0n) is 9.20. The third kappa shape index (κ3) is 4.46. The topological polar surface area (TPSA) is 58.2 Å². The first-order valence-electron chi connectivity index (χ1n) is 5.05. The molecule has 0 fully saturated rings. The summed E-state index contributed by atoms with van der Waals surface area (Å²) in [6.07, 6.45) is 1.53. The first-order chi connectivity index (χ1) is 8.13. The molecule has 2 N–H and O–H groups in total. The van der Waals surface area contributed by atoms with E-state index in [0.717, 1.165) is 6.07 Å². The van der Waals surface area contributed by atoms with E-state index in [1.54, 1.807) is 0 Å². The number of amides is 2. The van der Waals surface area contributed by atoms with Crippen LogP contribution >= 0.6 is 0 Å². The third-order valence-electron chi connectivity index (χ3n) is 1.94. The summed E-state index contributed by atoms with van der Waals surface area (Å²) in [6.45, 7) is 3.63. The Balaban J connectivity index is 2.45. The van der Waals surface area contributed by atoms with Crippen molar-refractivity contribution in [1.29, 1.82) is 0 Å². The van der Waals surface area contributed by atoms with Crippen LogP contribution in [0.2, 0.25) is 0 Å². The number of hydrogen-bond donors (Lipinski definition) is 2. The molecule has 0 aliphatic carbocycles. The van der Waals surface area contributed by atoms with Crippen LogP contribution < -0.4 is 10.6 Å². The maximum Gasteiger partial charge on any atom is 0.251 e. The summed E-state index contributed by atoms with van der Waals surface area (Å²) in [5, 5.41) is 4.89. The van der Waals surface area contributed by atoms with Crippen LogP contribution in [-0.4, -0.2) is 24.9 Å². The molecular formula is C12H13FN2O2. The maximum atomic E-state index is 12.8. The number of halogens is 1. The second kappa shape index (κ2) is 6.42. The van der Waals surface area contributed by atoms with E-state index in [-0.39, 0.29) is 18.0 Å². The summed E-state index contributed by atoms with van der Waals surface area (Å²) in [6, 6.07) is 5.26. The number of carbonyl (C=O) groups excluding carboxylic acids is 2. The molecule has 2 amide bonds. The lowest BCUT2D eigenvalue weighted by molar-refractivity contribution is -0.119. The van der Waals surface area contributed by atoms with Crippen LogP contribution in [0.4, 0.5) is 4.39 Å². The van der Waals surface area contributed by atoms with E-state index >= 15 is 0 Å². The minimum atomic E-state index is -0.492. The molecule has 0 bridgehead atoms. The molecule has 4 nitrogen and oxygen atoms in total. The van der Waals surface area contributed by atoms with E-state index in [0.29, 0.717) is 6.54 Å². The SMILES string of the molecule is C=CCNC(=O)CNC(=O)c1cccc(F)c1. The average Bonchev–Trinajstić information content (AvgIpc) is 2.33. The third-order valence-corrected chi connectivity index (χ3v) is 1.94. The lowest BCUT2D eigenvalue weighted by Crippen LogP contribution is -2.36. The van der Waals surface area contributed by atoms with Crippen LogP contribution in [0.5, 0.6) is 0 Å². The normalized spacial score (nSPS) is 9.47. The quantitative estimate of drug-likeness (QED) is 0.745. The fourth-order valence-corrected chi connectivity index (χ4v) is 1.14. The van der Waals surface area contributed by atoms with Gasteiger partial charge in [-0.05, 0) is 18.2 Å². The fourth-order valence-electron chi connectivity index (χ4n) is 1.14. The molecule has 90 valence electrons. The maximum absolute atomic E-state index is 12.8. The second-order valence-corrected chi connectivity index (χ2v) is 3.29. The Morgan fingerprint density at radius 2 is 2.12 bits per heavy atom. The smallest absolute Gasteiger partial charge is 0.251 e. The highest BCUT2D eigenvalue weighted by atomic mass is 19.1. The van der Waals surface area contributed by atoms with E-state index in [2.05, 4.69) is 17.2 Å². The molecule has 0 aliphatic rings. The molecule has 0 saturated carbocycles. The molecule has 0 aromatic heterocycles. The Morgan fingerprint density at radius 3 is 2.76 bits per heavy atom. The zero-order chi connectivity index (χ0) is 12.7. The van der Waals surface area contributed by atoms with Gasteiger partial charge in [0.1, 0.15) is 5.82 Å². The minimum Gasteiger partial charge on any atom is -0.351 e. The number of rotatable bonds is 5. The summed E-state index contributed by atoms with van der Waals surface area (Å²) in [4.78, 5) is 22.7. The highest BCUT2D eigenvalue weighted by molar-refractivity contribution is 5.96. The molecule has 17 heavy (non-hydrogen) atoms. The Morgan fingerprint density at radius 1 is 1.35 bits per heavy atom. The van der Waals surface area contributed by atoms with Crippen molar-refractivity contribution >= 4 is 11.8 Å². The number of nitrogens with one attached hydrogen (secondary N) is 2. The fraction of sp³-hybridized carbons (Fsp3) is 0.167. The van der Waals surface area contributed by atoms with Gasteiger partial charge >= 0.3 is 0 Å². The number of hydrogen-bond acceptors (Lipinski definition) is 2. The molecule has 0 unspecified atom stereocenters. The van der Waals surface area contributed by atoms with Crippen molar-refractivity contribution < 1.29 is 14.0 Å². The van der Waals surface area contributed by atoms with Crippen LogP contribution in [0, 0.1) is 5.82 Å². The lowest BCUT2D eigenvalue weighted by Gasteiger charge is -2.05. The van der Waals surface area contributed by atoms with E-state index in [9.17, 15) is 14.0 Å². The van der Waals surface area contributed by atoms with Crippen molar-refractivity contribution in [2.45, 2.75) is 0 Å². The first kappa shape index (κ1) is 12.9. The highest BCUT2D eigenvalue weighted by Gasteiger charge is 2.07. The van der Waals surface area contributed by atoms with Crippen molar-refractivity contribution in [3.05, 3.63) is 48.3 Å². The molecule has 1 aromatic rings. The molecule has 1 aromatic carbocycles. The largest absolute Gasteiger partial charge is 0.351 e. The molecule has 1 rings (SSSR count). The lowest BCUT2D eigenvalue weighted by atomic mass is 10.2. The van der Waals surface area contributed by atoms with E-state index < -0.39 is 11.7 Å². The van der Waals surface area contributed by atoms with Gasteiger partial charge in [-0.15, -0.1) is 6.58 Å². The monoisotopic (exact) mass is 236 g/mol. The molecule has 0 spiro atoms. The van der Waals surface area contributed by atoms with Crippen LogP contribution in [-0.2, 0) is 4.79 Å². The molecule has 5 heteroatoms. The number of benzene rings is 1. The summed E-state index contributed by atoms with van der Waals surface area (Å²) < 4.78 is 12.8. The van der Waals surface area contributed by atoms with Gasteiger partial charge in [0.15, 0.2) is 0 Å². The first-order valence-corrected chi connectivity index (χ1v) is 5.05. The van der Waals surface area contributed by atoms with E-state index in [4.69, 9.17) is 0 Å². The summed E-state index contributed by atoms with van der Waals surface area (Å²) >= 11 is 0. The van der Waals surface area contributed by atoms with Crippen molar-refractivity contribution in [2.75, 3.05) is 13.1 Å². The van der Waals surface area contributed by atoms with Gasteiger partial charge in [-0.2, -0.15) is 0 Å². The van der Waals surface area contributed by atoms with Crippen LogP contribution in [0.15, 0.2) is 36.9 Å². The Hall–Kier alpha value is -2.17. The molecule has 0 heterocycles. The predicted molar refractivity (Wildman–Crippen MR) is 61.9 cm³/mol. The second-order valence-electron chi connectivity index (χ2n) is 3.29. The van der Waals surface area contributed by atoms with E-state index in [1.165, 1.54) is 24.3 Å². The van der Waals surface area contributed by atoms with E-state index in [1.807, 2.05) is 0 Å². The van der Waals surface area contributed by atoms with Crippen LogP contribution in [0.1, 0.15) is 10.4 Å². The van der Waals surface area contributed by atoms with Crippen molar-refractivity contribution in [1.82, 2.24) is 10.6 Å². The van der Waals surface area contributed by atoms with Crippen molar-refractivity contribution in [2.24, 2.45) is 0 Å². The summed E-state index contributed by atoms with van der Waals surface area (Å²) in [5.74, 6) is -1.30. The van der Waals surface area contributed by atoms with Crippen LogP contribution in [0.3, 0.4) is 0 Å². The zero-order valence-corrected chi connectivity index (χ0v) is 9.20. The van der Waals surface area contributed by atoms with Gasteiger partial charge < -0.3 is 10.6 Å². The van der Waals surface area contributed by atoms with Gasteiger partial charge in [-0.25, -0.2) is 4.39 Å². The van der Waals surface area contributed by atoms with Crippen molar-refractivity contribution in [3.63, 3.8) is 0 Å².